The molecule has 98 valence electrons. The summed E-state index contributed by atoms with van der Waals surface area (Å²) in [6.07, 6.45) is 2.29. The molecule has 0 bridgehead atoms. The van der Waals surface area contributed by atoms with Gasteiger partial charge in [-0.05, 0) is 19.4 Å². The summed E-state index contributed by atoms with van der Waals surface area (Å²) in [4.78, 5) is 16.8. The van der Waals surface area contributed by atoms with E-state index in [9.17, 15) is 13.2 Å². The van der Waals surface area contributed by atoms with Crippen molar-refractivity contribution in [2.75, 3.05) is 5.75 Å². The normalized spacial score (nSPS) is 21.1. The van der Waals surface area contributed by atoms with Crippen LogP contribution in [0.4, 0.5) is 0 Å². The van der Waals surface area contributed by atoms with Crippen molar-refractivity contribution in [3.63, 3.8) is 0 Å². The van der Waals surface area contributed by atoms with Gasteiger partial charge in [-0.25, -0.2) is 13.4 Å². The SMILES string of the molecule is CCc1nc(C)c(C(=O)NC2C=CS(=O)(=O)C2)s1. The number of nitrogens with one attached hydrogen (secondary N) is 1. The molecule has 1 N–H and O–H groups in total. The molecule has 7 heteroatoms. The maximum absolute atomic E-state index is 12.0. The summed E-state index contributed by atoms with van der Waals surface area (Å²) in [5, 5.41) is 4.75. The van der Waals surface area contributed by atoms with Gasteiger partial charge in [-0.2, -0.15) is 0 Å². The number of hydrogen-bond acceptors (Lipinski definition) is 5. The van der Waals surface area contributed by atoms with Crippen molar-refractivity contribution >= 4 is 27.1 Å². The van der Waals surface area contributed by atoms with Gasteiger partial charge in [0.2, 0.25) is 0 Å². The van der Waals surface area contributed by atoms with Crippen molar-refractivity contribution in [2.45, 2.75) is 26.3 Å². The molecular formula is C11H14N2O3S2. The van der Waals surface area contributed by atoms with Gasteiger partial charge in [0.15, 0.2) is 9.84 Å². The first kappa shape index (κ1) is 13.2. The summed E-state index contributed by atoms with van der Waals surface area (Å²) >= 11 is 1.35. The van der Waals surface area contributed by atoms with E-state index in [4.69, 9.17) is 0 Å². The summed E-state index contributed by atoms with van der Waals surface area (Å²) in [6, 6.07) is -0.436. The van der Waals surface area contributed by atoms with Crippen LogP contribution in [0.2, 0.25) is 0 Å². The molecule has 2 heterocycles. The topological polar surface area (TPSA) is 76.1 Å². The van der Waals surface area contributed by atoms with Crippen LogP contribution in [0.1, 0.15) is 27.3 Å². The van der Waals surface area contributed by atoms with Crippen molar-refractivity contribution in [3.8, 4) is 0 Å². The zero-order valence-corrected chi connectivity index (χ0v) is 11.8. The van der Waals surface area contributed by atoms with Gasteiger partial charge in [0.05, 0.1) is 22.5 Å². The lowest BCUT2D eigenvalue weighted by Crippen LogP contribution is -2.35. The molecule has 1 amide bonds. The fourth-order valence-corrected chi connectivity index (χ4v) is 3.86. The van der Waals surface area contributed by atoms with Crippen molar-refractivity contribution in [2.24, 2.45) is 0 Å². The number of aryl methyl sites for hydroxylation is 2. The Hall–Kier alpha value is -1.21. The summed E-state index contributed by atoms with van der Waals surface area (Å²) in [6.45, 7) is 3.76. The van der Waals surface area contributed by atoms with Gasteiger partial charge in [0, 0.05) is 5.41 Å². The van der Waals surface area contributed by atoms with E-state index in [-0.39, 0.29) is 11.7 Å². The highest BCUT2D eigenvalue weighted by molar-refractivity contribution is 7.94. The van der Waals surface area contributed by atoms with E-state index in [2.05, 4.69) is 10.3 Å². The molecule has 0 aromatic carbocycles. The first-order valence-electron chi connectivity index (χ1n) is 5.59. The quantitative estimate of drug-likeness (QED) is 0.901. The number of aromatic nitrogens is 1. The van der Waals surface area contributed by atoms with E-state index < -0.39 is 15.9 Å². The Morgan fingerprint density at radius 3 is 2.83 bits per heavy atom. The van der Waals surface area contributed by atoms with Crippen LogP contribution < -0.4 is 5.32 Å². The van der Waals surface area contributed by atoms with E-state index in [0.29, 0.717) is 10.6 Å². The van der Waals surface area contributed by atoms with Crippen molar-refractivity contribution in [1.29, 1.82) is 0 Å². The molecule has 0 aliphatic carbocycles. The highest BCUT2D eigenvalue weighted by Crippen LogP contribution is 2.19. The first-order valence-corrected chi connectivity index (χ1v) is 8.12. The number of amides is 1. The Balaban J connectivity index is 2.09. The van der Waals surface area contributed by atoms with Crippen LogP contribution in [-0.2, 0) is 16.3 Å². The zero-order chi connectivity index (χ0) is 13.3. The third-order valence-corrected chi connectivity index (χ3v) is 5.29. The lowest BCUT2D eigenvalue weighted by Gasteiger charge is -2.08. The van der Waals surface area contributed by atoms with Gasteiger partial charge >= 0.3 is 0 Å². The molecular weight excluding hydrogens is 272 g/mol. The monoisotopic (exact) mass is 286 g/mol. The number of carbonyl (C=O) groups is 1. The van der Waals surface area contributed by atoms with Crippen LogP contribution in [0.25, 0.3) is 0 Å². The van der Waals surface area contributed by atoms with Gasteiger partial charge in [-0.15, -0.1) is 11.3 Å². The maximum Gasteiger partial charge on any atom is 0.263 e. The van der Waals surface area contributed by atoms with Crippen LogP contribution in [-0.4, -0.2) is 31.1 Å². The summed E-state index contributed by atoms with van der Waals surface area (Å²) < 4.78 is 22.5. The Labute approximate surface area is 110 Å². The average Bonchev–Trinajstić information content (AvgIpc) is 2.81. The molecule has 1 aliphatic rings. The number of carbonyl (C=O) groups excluding carboxylic acids is 1. The van der Waals surface area contributed by atoms with Crippen molar-refractivity contribution < 1.29 is 13.2 Å². The zero-order valence-electron chi connectivity index (χ0n) is 10.1. The lowest BCUT2D eigenvalue weighted by atomic mass is 10.3. The Kier molecular flexibility index (Phi) is 3.54. The Bertz CT molecular complexity index is 602. The molecule has 1 aromatic rings. The minimum Gasteiger partial charge on any atom is -0.344 e. The van der Waals surface area contributed by atoms with Crippen LogP contribution in [0.3, 0.4) is 0 Å². The molecule has 18 heavy (non-hydrogen) atoms. The van der Waals surface area contributed by atoms with Crippen LogP contribution in [0, 0.1) is 6.92 Å². The van der Waals surface area contributed by atoms with Crippen LogP contribution in [0.5, 0.6) is 0 Å². The van der Waals surface area contributed by atoms with Gasteiger partial charge in [0.25, 0.3) is 5.91 Å². The summed E-state index contributed by atoms with van der Waals surface area (Å²) in [7, 11) is -3.14. The predicted octanol–water partition coefficient (Wildman–Crippen LogP) is 1.05. The van der Waals surface area contributed by atoms with E-state index in [0.717, 1.165) is 16.8 Å². The summed E-state index contributed by atoms with van der Waals surface area (Å²) in [5.74, 6) is -0.312. The van der Waals surface area contributed by atoms with E-state index in [1.54, 1.807) is 6.92 Å². The molecule has 2 rings (SSSR count). The first-order chi connectivity index (χ1) is 8.41. The molecule has 0 spiro atoms. The van der Waals surface area contributed by atoms with Crippen LogP contribution in [0.15, 0.2) is 11.5 Å². The molecule has 0 fully saturated rings. The van der Waals surface area contributed by atoms with Gasteiger partial charge in [-0.1, -0.05) is 6.92 Å². The number of rotatable bonds is 3. The third kappa shape index (κ3) is 2.78. The molecule has 1 aromatic heterocycles. The number of thiazole rings is 1. The minimum absolute atomic E-state index is 0.0583. The fourth-order valence-electron chi connectivity index (χ4n) is 1.71. The van der Waals surface area contributed by atoms with E-state index >= 15 is 0 Å². The maximum atomic E-state index is 12.0. The van der Waals surface area contributed by atoms with Gasteiger partial charge < -0.3 is 5.32 Å². The summed E-state index contributed by atoms with van der Waals surface area (Å²) in [5.41, 5.74) is 0.694. The van der Waals surface area contributed by atoms with Crippen molar-refractivity contribution in [3.05, 3.63) is 27.1 Å². The predicted molar refractivity (Wildman–Crippen MR) is 70.4 cm³/mol. The largest absolute Gasteiger partial charge is 0.344 e. The second-order valence-corrected chi connectivity index (χ2v) is 7.13. The Morgan fingerprint density at radius 2 is 2.33 bits per heavy atom. The number of hydrogen-bond donors (Lipinski definition) is 1. The molecule has 0 saturated heterocycles. The van der Waals surface area contributed by atoms with Crippen LogP contribution >= 0.6 is 11.3 Å². The average molecular weight is 286 g/mol. The highest BCUT2D eigenvalue weighted by atomic mass is 32.2. The van der Waals surface area contributed by atoms with E-state index in [1.165, 1.54) is 17.4 Å². The standard InChI is InChI=1S/C11H14N2O3S2/c1-3-9-12-7(2)10(17-9)11(14)13-8-4-5-18(15,16)6-8/h4-5,8H,3,6H2,1-2H3,(H,13,14). The van der Waals surface area contributed by atoms with Gasteiger partial charge in [-0.3, -0.25) is 4.79 Å². The molecule has 1 aliphatic heterocycles. The molecule has 0 radical (unpaired) electrons. The van der Waals surface area contributed by atoms with Crippen molar-refractivity contribution in [1.82, 2.24) is 10.3 Å². The minimum atomic E-state index is -3.14. The highest BCUT2D eigenvalue weighted by Gasteiger charge is 2.24. The second-order valence-electron chi connectivity index (χ2n) is 4.11. The molecule has 0 saturated carbocycles. The number of nitrogens with zero attached hydrogens (tertiary/aromatic N) is 1. The second kappa shape index (κ2) is 4.81. The molecule has 5 nitrogen and oxygen atoms in total. The lowest BCUT2D eigenvalue weighted by molar-refractivity contribution is 0.0951. The smallest absolute Gasteiger partial charge is 0.263 e. The van der Waals surface area contributed by atoms with Gasteiger partial charge in [0.1, 0.15) is 4.88 Å². The molecule has 1 atom stereocenters. The Morgan fingerprint density at radius 1 is 1.61 bits per heavy atom. The number of sulfone groups is 1. The fraction of sp³-hybridized carbons (Fsp3) is 0.455. The van der Waals surface area contributed by atoms with E-state index in [1.807, 2.05) is 6.92 Å². The molecule has 1 unspecified atom stereocenters. The third-order valence-electron chi connectivity index (χ3n) is 2.60.